The molecule has 5 nitrogen and oxygen atoms in total. The minimum Gasteiger partial charge on any atom is -0.333 e. The van der Waals surface area contributed by atoms with Crippen molar-refractivity contribution in [1.82, 2.24) is 19.3 Å². The molecule has 0 saturated heterocycles. The van der Waals surface area contributed by atoms with Crippen molar-refractivity contribution in [2.75, 3.05) is 13.1 Å². The molecule has 0 radical (unpaired) electrons. The van der Waals surface area contributed by atoms with Gasteiger partial charge in [0.05, 0.1) is 5.56 Å². The normalized spacial score (nSPS) is 14.5. The summed E-state index contributed by atoms with van der Waals surface area (Å²) in [5, 5.41) is 1.56. The van der Waals surface area contributed by atoms with Gasteiger partial charge in [0.1, 0.15) is 16.7 Å². The molecule has 0 bridgehead atoms. The highest BCUT2D eigenvalue weighted by Crippen LogP contribution is 2.38. The van der Waals surface area contributed by atoms with Gasteiger partial charge >= 0.3 is 6.18 Å². The van der Waals surface area contributed by atoms with Crippen LogP contribution in [0, 0.1) is 5.82 Å². The second-order valence-electron chi connectivity index (χ2n) is 7.63. The number of rotatable bonds is 3. The van der Waals surface area contributed by atoms with Crippen LogP contribution in [0.4, 0.5) is 17.6 Å². The molecular formula is C23H15ClF4N4OS. The summed E-state index contributed by atoms with van der Waals surface area (Å²) in [6, 6.07) is 7.24. The van der Waals surface area contributed by atoms with Gasteiger partial charge in [-0.2, -0.15) is 13.2 Å². The van der Waals surface area contributed by atoms with Crippen molar-refractivity contribution in [3.63, 3.8) is 0 Å². The topological polar surface area (TPSA) is 50.5 Å². The second kappa shape index (κ2) is 8.52. The lowest BCUT2D eigenvalue weighted by Gasteiger charge is -2.25. The summed E-state index contributed by atoms with van der Waals surface area (Å²) in [6.45, 7) is 0.346. The summed E-state index contributed by atoms with van der Waals surface area (Å²) >= 11 is 7.67. The molecule has 1 amide bonds. The average Bonchev–Trinajstić information content (AvgIpc) is 3.47. The molecule has 0 fully saturated rings. The van der Waals surface area contributed by atoms with Crippen molar-refractivity contribution in [2.45, 2.75) is 12.6 Å². The Morgan fingerprint density at radius 3 is 2.68 bits per heavy atom. The summed E-state index contributed by atoms with van der Waals surface area (Å²) in [4.78, 5) is 23.2. The molecule has 5 rings (SSSR count). The molecule has 1 aliphatic rings. The molecule has 174 valence electrons. The smallest absolute Gasteiger partial charge is 0.333 e. The Labute approximate surface area is 199 Å². The number of imidazole rings is 1. The van der Waals surface area contributed by atoms with Crippen molar-refractivity contribution in [2.24, 2.45) is 0 Å². The van der Waals surface area contributed by atoms with Crippen molar-refractivity contribution < 1.29 is 22.4 Å². The summed E-state index contributed by atoms with van der Waals surface area (Å²) < 4.78 is 56.6. The van der Waals surface area contributed by atoms with Crippen LogP contribution in [0.3, 0.4) is 0 Å². The predicted molar refractivity (Wildman–Crippen MR) is 121 cm³/mol. The summed E-state index contributed by atoms with van der Waals surface area (Å²) in [5.41, 5.74) is -0.498. The molecule has 0 saturated carbocycles. The van der Waals surface area contributed by atoms with Crippen LogP contribution in [0.2, 0.25) is 5.15 Å². The fourth-order valence-corrected chi connectivity index (χ4v) is 4.84. The molecule has 0 aliphatic carbocycles. The number of fused-ring (bicyclic) bond motifs is 1. The first-order valence-electron chi connectivity index (χ1n) is 10.2. The molecule has 0 unspecified atom stereocenters. The monoisotopic (exact) mass is 506 g/mol. The van der Waals surface area contributed by atoms with Crippen LogP contribution in [-0.2, 0) is 6.18 Å². The van der Waals surface area contributed by atoms with E-state index in [1.54, 1.807) is 23.6 Å². The number of carbonyl (C=O) groups excluding carboxylic acids is 1. The lowest BCUT2D eigenvalue weighted by Crippen LogP contribution is -2.35. The van der Waals surface area contributed by atoms with E-state index in [2.05, 4.69) is 9.97 Å². The van der Waals surface area contributed by atoms with E-state index < -0.39 is 29.1 Å². The Morgan fingerprint density at radius 2 is 2.03 bits per heavy atom. The maximum Gasteiger partial charge on any atom is 0.420 e. The molecule has 1 aliphatic heterocycles. The highest BCUT2D eigenvalue weighted by molar-refractivity contribution is 7.13. The third-order valence-corrected chi connectivity index (χ3v) is 6.81. The van der Waals surface area contributed by atoms with Gasteiger partial charge in [0.25, 0.3) is 5.91 Å². The highest BCUT2D eigenvalue weighted by Gasteiger charge is 2.36. The van der Waals surface area contributed by atoms with Gasteiger partial charge in [-0.25, -0.2) is 9.37 Å². The molecule has 11 heteroatoms. The minimum absolute atomic E-state index is 0.126. The van der Waals surface area contributed by atoms with E-state index in [9.17, 15) is 22.4 Å². The van der Waals surface area contributed by atoms with Crippen LogP contribution in [0.1, 0.15) is 28.2 Å². The molecule has 0 N–H and O–H groups in total. The summed E-state index contributed by atoms with van der Waals surface area (Å²) in [5.74, 6) is -1.06. The second-order valence-corrected chi connectivity index (χ2v) is 8.93. The molecular weight excluding hydrogens is 492 g/mol. The minimum atomic E-state index is -4.70. The largest absolute Gasteiger partial charge is 0.420 e. The quantitative estimate of drug-likeness (QED) is 0.311. The van der Waals surface area contributed by atoms with Crippen LogP contribution in [0.15, 0.2) is 54.2 Å². The molecule has 5 heterocycles. The van der Waals surface area contributed by atoms with E-state index in [1.807, 2.05) is 0 Å². The summed E-state index contributed by atoms with van der Waals surface area (Å²) in [7, 11) is 0. The van der Waals surface area contributed by atoms with Crippen LogP contribution < -0.4 is 0 Å². The number of alkyl halides is 3. The van der Waals surface area contributed by atoms with Crippen LogP contribution in [0.25, 0.3) is 21.7 Å². The van der Waals surface area contributed by atoms with Crippen molar-refractivity contribution in [3.8, 4) is 10.4 Å². The van der Waals surface area contributed by atoms with E-state index in [-0.39, 0.29) is 29.6 Å². The van der Waals surface area contributed by atoms with E-state index in [0.717, 1.165) is 10.5 Å². The average molecular weight is 507 g/mol. The Kier molecular flexibility index (Phi) is 5.65. The maximum absolute atomic E-state index is 14.0. The molecule has 34 heavy (non-hydrogen) atoms. The van der Waals surface area contributed by atoms with E-state index in [4.69, 9.17) is 11.6 Å². The van der Waals surface area contributed by atoms with E-state index in [1.165, 1.54) is 40.8 Å². The Hall–Kier alpha value is -3.24. The van der Waals surface area contributed by atoms with Crippen molar-refractivity contribution >= 4 is 40.1 Å². The van der Waals surface area contributed by atoms with E-state index >= 15 is 0 Å². The van der Waals surface area contributed by atoms with Crippen molar-refractivity contribution in [1.29, 1.82) is 0 Å². The van der Waals surface area contributed by atoms with Gasteiger partial charge in [-0.05, 0) is 41.6 Å². The first kappa shape index (κ1) is 22.5. The Bertz CT molecular complexity index is 1430. The molecule has 4 aromatic heterocycles. The fraction of sp³-hybridized carbons (Fsp3) is 0.174. The standard InChI is InChI=1S/C23H15ClF4N4OS/c24-20-19(22(33)31-8-5-13(6-9-31)18-16(25)3-1-7-29-18)30-21-15(23(26,27)28)11-14(12-32(20)21)17-4-2-10-34-17/h1-5,7,10-12H,6,8-9H2. The number of aromatic nitrogens is 3. The molecule has 0 spiro atoms. The van der Waals surface area contributed by atoms with Crippen LogP contribution in [0.5, 0.6) is 0 Å². The van der Waals surface area contributed by atoms with Gasteiger partial charge in [-0.15, -0.1) is 11.3 Å². The van der Waals surface area contributed by atoms with E-state index in [0.29, 0.717) is 22.4 Å². The number of carbonyl (C=O) groups is 1. The lowest BCUT2D eigenvalue weighted by atomic mass is 10.0. The van der Waals surface area contributed by atoms with Crippen LogP contribution >= 0.6 is 22.9 Å². The van der Waals surface area contributed by atoms with Crippen LogP contribution in [-0.4, -0.2) is 38.3 Å². The number of hydrogen-bond acceptors (Lipinski definition) is 4. The first-order chi connectivity index (χ1) is 16.2. The Balaban J connectivity index is 1.51. The zero-order valence-corrected chi connectivity index (χ0v) is 18.9. The number of halogens is 5. The molecule has 0 atom stereocenters. The van der Waals surface area contributed by atoms with Gasteiger partial charge in [-0.3, -0.25) is 14.2 Å². The van der Waals surface area contributed by atoms with Gasteiger partial charge < -0.3 is 4.90 Å². The number of amides is 1. The predicted octanol–water partition coefficient (Wildman–Crippen LogP) is 6.20. The van der Waals surface area contributed by atoms with Gasteiger partial charge in [0, 0.05) is 35.9 Å². The highest BCUT2D eigenvalue weighted by atomic mass is 35.5. The number of pyridine rings is 2. The third kappa shape index (κ3) is 3.97. The fourth-order valence-electron chi connectivity index (χ4n) is 3.88. The van der Waals surface area contributed by atoms with Gasteiger partial charge in [0.2, 0.25) is 0 Å². The molecule has 4 aromatic rings. The summed E-state index contributed by atoms with van der Waals surface area (Å²) in [6.07, 6.45) is 0.239. The first-order valence-corrected chi connectivity index (χ1v) is 11.4. The zero-order valence-electron chi connectivity index (χ0n) is 17.3. The van der Waals surface area contributed by atoms with Crippen molar-refractivity contribution in [3.05, 3.63) is 82.1 Å². The zero-order chi connectivity index (χ0) is 24.0. The van der Waals surface area contributed by atoms with Gasteiger partial charge in [-0.1, -0.05) is 23.7 Å². The SMILES string of the molecule is O=C(c1nc2c(C(F)(F)F)cc(-c3cccs3)cn2c1Cl)N1CC=C(c2ncccc2F)CC1. The van der Waals surface area contributed by atoms with Gasteiger partial charge in [0.15, 0.2) is 11.3 Å². The Morgan fingerprint density at radius 1 is 1.21 bits per heavy atom. The number of thiophene rings is 1. The molecule has 0 aromatic carbocycles. The maximum atomic E-state index is 14.0. The number of nitrogens with zero attached hydrogens (tertiary/aromatic N) is 4. The third-order valence-electron chi connectivity index (χ3n) is 5.53. The number of hydrogen-bond donors (Lipinski definition) is 0. The lowest BCUT2D eigenvalue weighted by molar-refractivity contribution is -0.136.